The molecule has 3 N–H and O–H groups in total. The van der Waals surface area contributed by atoms with E-state index in [-0.39, 0.29) is 17.7 Å². The van der Waals surface area contributed by atoms with Crippen LogP contribution in [0.4, 0.5) is 22.9 Å². The van der Waals surface area contributed by atoms with Crippen molar-refractivity contribution in [1.82, 2.24) is 20.1 Å². The van der Waals surface area contributed by atoms with E-state index in [4.69, 9.17) is 0 Å². The van der Waals surface area contributed by atoms with Gasteiger partial charge in [0.05, 0.1) is 28.3 Å². The number of pyridine rings is 1. The first-order chi connectivity index (χ1) is 15.9. The molecule has 3 aromatic rings. The topological polar surface area (TPSA) is 104 Å². The minimum Gasteiger partial charge on any atom is -0.368 e. The molecular weight excluding hydrogens is 418 g/mol. The van der Waals surface area contributed by atoms with Gasteiger partial charge >= 0.3 is 0 Å². The molecule has 1 saturated carbocycles. The molecule has 0 unspecified atom stereocenters. The van der Waals surface area contributed by atoms with Crippen molar-refractivity contribution in [2.24, 2.45) is 18.9 Å². The van der Waals surface area contributed by atoms with Gasteiger partial charge in [-0.25, -0.2) is 4.98 Å². The van der Waals surface area contributed by atoms with Gasteiger partial charge in [0.1, 0.15) is 5.82 Å². The average molecular weight is 446 g/mol. The van der Waals surface area contributed by atoms with Crippen molar-refractivity contribution in [2.75, 3.05) is 29.6 Å². The fraction of sp³-hybridized carbons (Fsp3) is 0.333. The van der Waals surface area contributed by atoms with Crippen LogP contribution in [0.1, 0.15) is 29.3 Å². The first-order valence-corrected chi connectivity index (χ1v) is 11.0. The number of nitrogens with zero attached hydrogens (tertiary/aromatic N) is 4. The molecule has 3 heterocycles. The Hall–Kier alpha value is -3.88. The number of para-hydroxylation sites is 1. The van der Waals surface area contributed by atoms with E-state index in [2.05, 4.69) is 43.9 Å². The Bertz CT molecular complexity index is 1270. The molecule has 1 aliphatic heterocycles. The van der Waals surface area contributed by atoms with Crippen LogP contribution in [0.15, 0.2) is 36.7 Å². The Morgan fingerprint density at radius 1 is 1.18 bits per heavy atom. The molecule has 170 valence electrons. The van der Waals surface area contributed by atoms with E-state index in [0.717, 1.165) is 35.6 Å². The highest BCUT2D eigenvalue weighted by atomic mass is 16.2. The smallest absolute Gasteiger partial charge is 0.254 e. The van der Waals surface area contributed by atoms with Crippen molar-refractivity contribution in [3.05, 3.63) is 47.8 Å². The number of benzene rings is 1. The molecule has 1 fully saturated rings. The summed E-state index contributed by atoms with van der Waals surface area (Å²) in [6.07, 6.45) is 4.42. The third-order valence-electron chi connectivity index (χ3n) is 6.33. The summed E-state index contributed by atoms with van der Waals surface area (Å²) in [5.41, 5.74) is 5.95. The highest BCUT2D eigenvalue weighted by Crippen LogP contribution is 2.43. The molecule has 0 radical (unpaired) electrons. The molecule has 33 heavy (non-hydrogen) atoms. The molecule has 0 bridgehead atoms. The summed E-state index contributed by atoms with van der Waals surface area (Å²) in [6.45, 7) is 2.79. The van der Waals surface area contributed by atoms with Gasteiger partial charge in [-0.15, -0.1) is 0 Å². The van der Waals surface area contributed by atoms with Crippen LogP contribution in [0.3, 0.4) is 0 Å². The Morgan fingerprint density at radius 3 is 2.70 bits per heavy atom. The van der Waals surface area contributed by atoms with Gasteiger partial charge in [-0.2, -0.15) is 5.10 Å². The maximum Gasteiger partial charge on any atom is 0.254 e. The molecule has 2 atom stereocenters. The molecule has 2 aromatic heterocycles. The van der Waals surface area contributed by atoms with E-state index in [0.29, 0.717) is 23.0 Å². The number of aromatic nitrogens is 3. The van der Waals surface area contributed by atoms with E-state index >= 15 is 0 Å². The Balaban J connectivity index is 1.53. The van der Waals surface area contributed by atoms with Crippen LogP contribution in [-0.4, -0.2) is 40.7 Å². The Labute approximate surface area is 192 Å². The second kappa shape index (κ2) is 7.91. The standard InChI is InChI=1S/C24H27N7O2/c1-13-8-16(13)24(33)28-20-9-19(17(10-26-20)23(32)25-2)27-18-7-5-6-15-21-14(12-31(4)29-21)11-30(3)22(15)18/h5-7,9-10,12-13,16H,8,11H2,1-4H3,(H,25,32)(H2,26,27,28,33)/t13-,16-/m0/s1. The zero-order chi connectivity index (χ0) is 23.3. The second-order valence-electron chi connectivity index (χ2n) is 8.86. The lowest BCUT2D eigenvalue weighted by atomic mass is 9.99. The zero-order valence-electron chi connectivity index (χ0n) is 19.1. The van der Waals surface area contributed by atoms with Gasteiger partial charge < -0.3 is 20.9 Å². The lowest BCUT2D eigenvalue weighted by Crippen LogP contribution is -2.23. The molecule has 0 saturated heterocycles. The van der Waals surface area contributed by atoms with Crippen LogP contribution >= 0.6 is 0 Å². The summed E-state index contributed by atoms with van der Waals surface area (Å²) in [4.78, 5) is 31.4. The van der Waals surface area contributed by atoms with Crippen molar-refractivity contribution in [1.29, 1.82) is 0 Å². The second-order valence-corrected chi connectivity index (χ2v) is 8.86. The van der Waals surface area contributed by atoms with Crippen LogP contribution < -0.4 is 20.9 Å². The van der Waals surface area contributed by atoms with Gasteiger partial charge in [0.2, 0.25) is 5.91 Å². The van der Waals surface area contributed by atoms with Crippen molar-refractivity contribution in [2.45, 2.75) is 19.9 Å². The van der Waals surface area contributed by atoms with Crippen LogP contribution in [0, 0.1) is 11.8 Å². The summed E-state index contributed by atoms with van der Waals surface area (Å²) >= 11 is 0. The number of nitrogens with one attached hydrogen (secondary N) is 3. The molecule has 2 amide bonds. The Kier molecular flexibility index (Phi) is 5.03. The van der Waals surface area contributed by atoms with Crippen molar-refractivity contribution in [3.8, 4) is 11.3 Å². The average Bonchev–Trinajstić information content (AvgIpc) is 3.41. The third kappa shape index (κ3) is 3.79. The lowest BCUT2D eigenvalue weighted by Gasteiger charge is -2.29. The van der Waals surface area contributed by atoms with Crippen molar-refractivity contribution < 1.29 is 9.59 Å². The van der Waals surface area contributed by atoms with E-state index in [1.54, 1.807) is 13.1 Å². The molecule has 2 aliphatic rings. The maximum absolute atomic E-state index is 12.5. The number of rotatable bonds is 5. The van der Waals surface area contributed by atoms with E-state index in [1.807, 2.05) is 37.1 Å². The van der Waals surface area contributed by atoms with Crippen LogP contribution in [-0.2, 0) is 18.4 Å². The fourth-order valence-electron chi connectivity index (χ4n) is 4.46. The minimum absolute atomic E-state index is 0.0317. The SMILES string of the molecule is CNC(=O)c1cnc(NC(=O)[C@H]2C[C@@H]2C)cc1Nc1cccc2c1N(C)Cc1cn(C)nc1-2. The number of anilines is 4. The zero-order valence-corrected chi connectivity index (χ0v) is 19.1. The predicted molar refractivity (Wildman–Crippen MR) is 128 cm³/mol. The first kappa shape index (κ1) is 21.0. The number of carbonyl (C=O) groups excluding carboxylic acids is 2. The van der Waals surface area contributed by atoms with E-state index in [9.17, 15) is 9.59 Å². The summed E-state index contributed by atoms with van der Waals surface area (Å²) in [5, 5.41) is 13.6. The molecule has 9 nitrogen and oxygen atoms in total. The number of aryl methyl sites for hydroxylation is 1. The number of hydrogen-bond acceptors (Lipinski definition) is 6. The van der Waals surface area contributed by atoms with Crippen LogP contribution in [0.5, 0.6) is 0 Å². The number of amides is 2. The van der Waals surface area contributed by atoms with E-state index in [1.165, 1.54) is 11.8 Å². The largest absolute Gasteiger partial charge is 0.368 e. The molecule has 1 aliphatic carbocycles. The van der Waals surface area contributed by atoms with Gasteiger partial charge in [-0.05, 0) is 18.4 Å². The maximum atomic E-state index is 12.5. The quantitative estimate of drug-likeness (QED) is 0.557. The van der Waals surface area contributed by atoms with Crippen molar-refractivity contribution in [3.63, 3.8) is 0 Å². The van der Waals surface area contributed by atoms with Crippen molar-refractivity contribution >= 4 is 34.7 Å². The molecule has 5 rings (SSSR count). The van der Waals surface area contributed by atoms with Gasteiger partial charge in [0, 0.05) is 63.2 Å². The van der Waals surface area contributed by atoms with Gasteiger partial charge in [-0.1, -0.05) is 19.1 Å². The summed E-state index contributed by atoms with van der Waals surface area (Å²) in [6, 6.07) is 7.71. The van der Waals surface area contributed by atoms with E-state index < -0.39 is 0 Å². The van der Waals surface area contributed by atoms with Crippen LogP contribution in [0.25, 0.3) is 11.3 Å². The fourth-order valence-corrected chi connectivity index (χ4v) is 4.46. The molecule has 1 aromatic carbocycles. The van der Waals surface area contributed by atoms with Gasteiger partial charge in [-0.3, -0.25) is 14.3 Å². The monoisotopic (exact) mass is 445 g/mol. The Morgan fingerprint density at radius 2 is 1.97 bits per heavy atom. The summed E-state index contributed by atoms with van der Waals surface area (Å²) < 4.78 is 1.83. The minimum atomic E-state index is -0.260. The number of carbonyl (C=O) groups is 2. The molecular formula is C24H27N7O2. The lowest BCUT2D eigenvalue weighted by molar-refractivity contribution is -0.117. The summed E-state index contributed by atoms with van der Waals surface area (Å²) in [7, 11) is 5.54. The first-order valence-electron chi connectivity index (χ1n) is 11.0. The molecule has 9 heteroatoms. The number of fused-ring (bicyclic) bond motifs is 3. The van der Waals surface area contributed by atoms with Gasteiger partial charge in [0.25, 0.3) is 5.91 Å². The van der Waals surface area contributed by atoms with Gasteiger partial charge in [0.15, 0.2) is 0 Å². The van der Waals surface area contributed by atoms with Crippen LogP contribution in [0.2, 0.25) is 0 Å². The normalized spacial score (nSPS) is 18.2. The predicted octanol–water partition coefficient (Wildman–Crippen LogP) is 3.13. The third-order valence-corrected chi connectivity index (χ3v) is 6.33. The molecule has 0 spiro atoms. The summed E-state index contributed by atoms with van der Waals surface area (Å²) in [5.74, 6) is 0.552. The number of hydrogen-bond donors (Lipinski definition) is 3. The highest BCUT2D eigenvalue weighted by Gasteiger charge is 2.39. The highest BCUT2D eigenvalue weighted by molar-refractivity contribution is 6.02.